The van der Waals surface area contributed by atoms with E-state index in [0.717, 1.165) is 13.0 Å². The Bertz CT molecular complexity index is 561. The van der Waals surface area contributed by atoms with Crippen molar-refractivity contribution in [3.8, 4) is 5.88 Å². The number of rotatable bonds is 7. The van der Waals surface area contributed by atoms with Crippen molar-refractivity contribution in [2.24, 2.45) is 5.92 Å². The van der Waals surface area contributed by atoms with Crippen molar-refractivity contribution in [1.82, 2.24) is 19.8 Å². The van der Waals surface area contributed by atoms with Gasteiger partial charge >= 0.3 is 0 Å². The number of carbonyl (C=O) groups excluding carboxylic acids is 1. The average molecular weight is 334 g/mol. The summed E-state index contributed by atoms with van der Waals surface area (Å²) >= 11 is 0. The number of carbonyl (C=O) groups is 1. The molecule has 0 radical (unpaired) electrons. The predicted octanol–water partition coefficient (Wildman–Crippen LogP) is 1.06. The number of aromatic nitrogens is 2. The second-order valence-electron chi connectivity index (χ2n) is 6.87. The molecule has 2 atom stereocenters. The van der Waals surface area contributed by atoms with Gasteiger partial charge in [0, 0.05) is 33.3 Å². The van der Waals surface area contributed by atoms with Crippen molar-refractivity contribution >= 4 is 5.91 Å². The third-order valence-corrected chi connectivity index (χ3v) is 4.83. The van der Waals surface area contributed by atoms with Crippen LogP contribution in [0.1, 0.15) is 29.8 Å². The van der Waals surface area contributed by atoms with Gasteiger partial charge in [0.1, 0.15) is 5.69 Å². The van der Waals surface area contributed by atoms with Crippen LogP contribution in [0.15, 0.2) is 12.4 Å². The van der Waals surface area contributed by atoms with Gasteiger partial charge in [-0.15, -0.1) is 0 Å². The van der Waals surface area contributed by atoms with Crippen molar-refractivity contribution in [2.45, 2.75) is 31.4 Å². The van der Waals surface area contributed by atoms with Gasteiger partial charge in [0.15, 0.2) is 0 Å². The maximum absolute atomic E-state index is 12.5. The SMILES string of the molecule is CO[C@H]1C[C@@H](CN(C)C(=O)c2cnc(OCC3CC3)cn2)N(C)C1. The number of likely N-dealkylation sites (N-methyl/N-ethyl adjacent to an activating group) is 2. The summed E-state index contributed by atoms with van der Waals surface area (Å²) in [5.41, 5.74) is 0.347. The first-order chi connectivity index (χ1) is 11.6. The van der Waals surface area contributed by atoms with Crippen LogP contribution < -0.4 is 4.74 Å². The van der Waals surface area contributed by atoms with Crippen LogP contribution in [-0.2, 0) is 4.74 Å². The molecule has 2 aliphatic rings. The topological polar surface area (TPSA) is 67.8 Å². The molecule has 1 aliphatic carbocycles. The first-order valence-electron chi connectivity index (χ1n) is 8.50. The van der Waals surface area contributed by atoms with E-state index in [1.165, 1.54) is 25.2 Å². The van der Waals surface area contributed by atoms with Gasteiger partial charge in [-0.3, -0.25) is 9.69 Å². The first-order valence-corrected chi connectivity index (χ1v) is 8.50. The molecular formula is C17H26N4O3. The highest BCUT2D eigenvalue weighted by atomic mass is 16.5. The van der Waals surface area contributed by atoms with Crippen LogP contribution >= 0.6 is 0 Å². The molecule has 1 saturated heterocycles. The molecule has 1 aliphatic heterocycles. The fraction of sp³-hybridized carbons (Fsp3) is 0.706. The van der Waals surface area contributed by atoms with Crippen LogP contribution in [0.3, 0.4) is 0 Å². The van der Waals surface area contributed by atoms with Crippen LogP contribution in [0.25, 0.3) is 0 Å². The van der Waals surface area contributed by atoms with Crippen molar-refractivity contribution in [3.63, 3.8) is 0 Å². The van der Waals surface area contributed by atoms with Crippen LogP contribution in [0, 0.1) is 5.92 Å². The van der Waals surface area contributed by atoms with Crippen molar-refractivity contribution in [1.29, 1.82) is 0 Å². The van der Waals surface area contributed by atoms with E-state index >= 15 is 0 Å². The molecule has 2 fully saturated rings. The van der Waals surface area contributed by atoms with E-state index in [0.29, 0.717) is 36.7 Å². The van der Waals surface area contributed by atoms with Crippen LogP contribution in [0.5, 0.6) is 5.88 Å². The van der Waals surface area contributed by atoms with E-state index in [9.17, 15) is 4.79 Å². The normalized spacial score (nSPS) is 24.1. The van der Waals surface area contributed by atoms with Gasteiger partial charge in [0.2, 0.25) is 5.88 Å². The zero-order valence-corrected chi connectivity index (χ0v) is 14.6. The summed E-state index contributed by atoms with van der Waals surface area (Å²) in [6, 6.07) is 0.304. The summed E-state index contributed by atoms with van der Waals surface area (Å²) in [6.45, 7) is 2.24. The number of ether oxygens (including phenoxy) is 2. The summed E-state index contributed by atoms with van der Waals surface area (Å²) in [4.78, 5) is 24.8. The Kier molecular flexibility index (Phi) is 5.30. The standard InChI is InChI=1S/C17H26N4O3/c1-20-10-14(23-3)6-13(20)9-21(2)17(22)15-7-19-16(8-18-15)24-11-12-4-5-12/h7-8,12-14H,4-6,9-11H2,1-3H3/t13-,14-/m0/s1. The summed E-state index contributed by atoms with van der Waals surface area (Å²) < 4.78 is 11.0. The molecule has 7 nitrogen and oxygen atoms in total. The first kappa shape index (κ1) is 17.1. The van der Waals surface area contributed by atoms with Gasteiger partial charge in [-0.2, -0.15) is 0 Å². The molecule has 7 heteroatoms. The van der Waals surface area contributed by atoms with Gasteiger partial charge in [0.05, 0.1) is 25.1 Å². The molecular weight excluding hydrogens is 308 g/mol. The van der Waals surface area contributed by atoms with E-state index in [-0.39, 0.29) is 12.0 Å². The number of methoxy groups -OCH3 is 1. The molecule has 0 spiro atoms. The third-order valence-electron chi connectivity index (χ3n) is 4.83. The molecule has 3 rings (SSSR count). The number of amides is 1. The van der Waals surface area contributed by atoms with Crippen molar-refractivity contribution < 1.29 is 14.3 Å². The van der Waals surface area contributed by atoms with Crippen molar-refractivity contribution in [2.75, 3.05) is 40.9 Å². The molecule has 0 N–H and O–H groups in total. The van der Waals surface area contributed by atoms with Crippen LogP contribution in [-0.4, -0.2) is 78.7 Å². The lowest BCUT2D eigenvalue weighted by Gasteiger charge is -2.25. The highest BCUT2D eigenvalue weighted by Crippen LogP contribution is 2.29. The number of hydrogen-bond donors (Lipinski definition) is 0. The minimum atomic E-state index is -0.120. The Balaban J connectivity index is 1.52. The third kappa shape index (κ3) is 4.21. The summed E-state index contributed by atoms with van der Waals surface area (Å²) in [5.74, 6) is 1.03. The molecule has 132 valence electrons. The van der Waals surface area contributed by atoms with Crippen LogP contribution in [0.2, 0.25) is 0 Å². The second-order valence-corrected chi connectivity index (χ2v) is 6.87. The van der Waals surface area contributed by atoms with Gasteiger partial charge < -0.3 is 14.4 Å². The minimum Gasteiger partial charge on any atom is -0.476 e. The largest absolute Gasteiger partial charge is 0.476 e. The Morgan fingerprint density at radius 2 is 2.17 bits per heavy atom. The predicted molar refractivity (Wildman–Crippen MR) is 89.0 cm³/mol. The van der Waals surface area contributed by atoms with Crippen LogP contribution in [0.4, 0.5) is 0 Å². The molecule has 1 aromatic rings. The highest BCUT2D eigenvalue weighted by Gasteiger charge is 2.31. The fourth-order valence-corrected chi connectivity index (χ4v) is 3.00. The molecule has 24 heavy (non-hydrogen) atoms. The monoisotopic (exact) mass is 334 g/mol. The molecule has 0 bridgehead atoms. The quantitative estimate of drug-likeness (QED) is 0.743. The van der Waals surface area contributed by atoms with E-state index in [4.69, 9.17) is 9.47 Å². The van der Waals surface area contributed by atoms with E-state index < -0.39 is 0 Å². The molecule has 1 amide bonds. The molecule has 0 unspecified atom stereocenters. The smallest absolute Gasteiger partial charge is 0.273 e. The zero-order chi connectivity index (χ0) is 17.1. The summed E-state index contributed by atoms with van der Waals surface area (Å²) in [5, 5.41) is 0. The zero-order valence-electron chi connectivity index (χ0n) is 14.6. The maximum atomic E-state index is 12.5. The Hall–Kier alpha value is -1.73. The Labute approximate surface area is 143 Å². The molecule has 2 heterocycles. The lowest BCUT2D eigenvalue weighted by molar-refractivity contribution is 0.0753. The maximum Gasteiger partial charge on any atom is 0.273 e. The Morgan fingerprint density at radius 1 is 1.38 bits per heavy atom. The number of hydrogen-bond acceptors (Lipinski definition) is 6. The lowest BCUT2D eigenvalue weighted by Crippen LogP contribution is -2.39. The molecule has 1 saturated carbocycles. The van der Waals surface area contributed by atoms with Gasteiger partial charge in [0.25, 0.3) is 5.91 Å². The molecule has 1 aromatic heterocycles. The van der Waals surface area contributed by atoms with E-state index in [2.05, 4.69) is 21.9 Å². The minimum absolute atomic E-state index is 0.120. The number of nitrogens with zero attached hydrogens (tertiary/aromatic N) is 4. The summed E-state index contributed by atoms with van der Waals surface area (Å²) in [6.07, 6.45) is 6.67. The molecule has 0 aromatic carbocycles. The average Bonchev–Trinajstić information content (AvgIpc) is 3.36. The fourth-order valence-electron chi connectivity index (χ4n) is 3.00. The van der Waals surface area contributed by atoms with Gasteiger partial charge in [-0.1, -0.05) is 0 Å². The highest BCUT2D eigenvalue weighted by molar-refractivity contribution is 5.91. The second kappa shape index (κ2) is 7.44. The van der Waals surface area contributed by atoms with E-state index in [1.807, 2.05) is 0 Å². The van der Waals surface area contributed by atoms with Crippen molar-refractivity contribution in [3.05, 3.63) is 18.1 Å². The lowest BCUT2D eigenvalue weighted by atomic mass is 10.2. The Morgan fingerprint density at radius 3 is 2.75 bits per heavy atom. The number of likely N-dealkylation sites (tertiary alicyclic amines) is 1. The van der Waals surface area contributed by atoms with Gasteiger partial charge in [-0.25, -0.2) is 9.97 Å². The van der Waals surface area contributed by atoms with Gasteiger partial charge in [-0.05, 0) is 32.2 Å². The summed E-state index contributed by atoms with van der Waals surface area (Å²) in [7, 11) is 5.60. The van der Waals surface area contributed by atoms with E-state index in [1.54, 1.807) is 19.1 Å².